The van der Waals surface area contributed by atoms with Gasteiger partial charge in [-0.05, 0) is 25.3 Å². The van der Waals surface area contributed by atoms with Gasteiger partial charge in [-0.3, -0.25) is 4.79 Å². The summed E-state index contributed by atoms with van der Waals surface area (Å²) in [6.07, 6.45) is 2.33. The zero-order valence-electron chi connectivity index (χ0n) is 12.0. The number of hydrogen-bond donors (Lipinski definition) is 1. The van der Waals surface area contributed by atoms with Crippen molar-refractivity contribution in [1.82, 2.24) is 4.90 Å². The van der Waals surface area contributed by atoms with Gasteiger partial charge in [0.25, 0.3) is 5.91 Å². The third-order valence-corrected chi connectivity index (χ3v) is 3.43. The molecule has 1 saturated heterocycles. The average molecular weight is 289 g/mol. The summed E-state index contributed by atoms with van der Waals surface area (Å²) >= 11 is 0. The number of nitrogens with zero attached hydrogens (tertiary/aromatic N) is 1. The molecule has 1 aromatic rings. The topological polar surface area (TPSA) is 66.8 Å². The number of aliphatic hydroxyl groups is 1. The molecule has 5 heteroatoms. The van der Waals surface area contributed by atoms with E-state index in [2.05, 4.69) is 0 Å². The molecular formula is C16H19NO4. The monoisotopic (exact) mass is 289 g/mol. The predicted molar refractivity (Wildman–Crippen MR) is 77.5 cm³/mol. The summed E-state index contributed by atoms with van der Waals surface area (Å²) < 4.78 is 5.03. The van der Waals surface area contributed by atoms with Gasteiger partial charge in [-0.1, -0.05) is 36.4 Å². The van der Waals surface area contributed by atoms with Gasteiger partial charge in [0.15, 0.2) is 0 Å². The normalized spacial score (nSPS) is 18.8. The lowest BCUT2D eigenvalue weighted by Crippen LogP contribution is -2.34. The molecule has 2 rings (SSSR count). The molecule has 1 N–H and O–H groups in total. The van der Waals surface area contributed by atoms with Crippen LogP contribution in [0.5, 0.6) is 0 Å². The molecule has 0 bridgehead atoms. The van der Waals surface area contributed by atoms with Gasteiger partial charge < -0.3 is 9.84 Å². The second kappa shape index (κ2) is 7.04. The Morgan fingerprint density at radius 1 is 1.43 bits per heavy atom. The highest BCUT2D eigenvalue weighted by Crippen LogP contribution is 2.29. The van der Waals surface area contributed by atoms with E-state index < -0.39 is 6.09 Å². The minimum Gasteiger partial charge on any atom is -0.446 e. The van der Waals surface area contributed by atoms with Crippen LogP contribution in [-0.4, -0.2) is 35.2 Å². The summed E-state index contributed by atoms with van der Waals surface area (Å²) in [4.78, 5) is 25.4. The molecule has 0 radical (unpaired) electrons. The summed E-state index contributed by atoms with van der Waals surface area (Å²) in [5, 5.41) is 8.76. The van der Waals surface area contributed by atoms with Gasteiger partial charge in [0, 0.05) is 12.2 Å². The number of ether oxygens (including phenoxy) is 1. The Bertz CT molecular complexity index is 538. The lowest BCUT2D eigenvalue weighted by molar-refractivity contribution is -0.125. The van der Waals surface area contributed by atoms with Crippen molar-refractivity contribution >= 4 is 12.0 Å². The first-order chi connectivity index (χ1) is 10.1. The Morgan fingerprint density at radius 3 is 2.81 bits per heavy atom. The number of carbonyl (C=O) groups is 2. The number of imide groups is 1. The number of aliphatic hydroxyl groups excluding tert-OH is 1. The second-order valence-electron chi connectivity index (χ2n) is 4.93. The van der Waals surface area contributed by atoms with E-state index in [1.807, 2.05) is 30.3 Å². The Morgan fingerprint density at radius 2 is 2.14 bits per heavy atom. The number of carbonyl (C=O) groups excluding carboxylic acids is 2. The van der Waals surface area contributed by atoms with Gasteiger partial charge in [0.1, 0.15) is 12.6 Å². The summed E-state index contributed by atoms with van der Waals surface area (Å²) in [6.45, 7) is 1.93. The predicted octanol–water partition coefficient (Wildman–Crippen LogP) is 2.43. The highest BCUT2D eigenvalue weighted by Gasteiger charge is 2.39. The third-order valence-electron chi connectivity index (χ3n) is 3.43. The molecule has 1 aliphatic rings. The Labute approximate surface area is 123 Å². The molecule has 0 aromatic heterocycles. The smallest absolute Gasteiger partial charge is 0.417 e. The van der Waals surface area contributed by atoms with Crippen LogP contribution in [0.2, 0.25) is 0 Å². The first kappa shape index (κ1) is 15.3. The van der Waals surface area contributed by atoms with Crippen molar-refractivity contribution in [2.24, 2.45) is 0 Å². The van der Waals surface area contributed by atoms with Crippen LogP contribution < -0.4 is 0 Å². The third kappa shape index (κ3) is 3.49. The summed E-state index contributed by atoms with van der Waals surface area (Å²) in [5.74, 6) is -0.343. The van der Waals surface area contributed by atoms with Gasteiger partial charge in [0.05, 0.1) is 0 Å². The van der Waals surface area contributed by atoms with Crippen LogP contribution in [0.25, 0.3) is 0 Å². The number of cyclic esters (lactones) is 1. The van der Waals surface area contributed by atoms with Gasteiger partial charge in [0.2, 0.25) is 0 Å². The number of benzene rings is 1. The van der Waals surface area contributed by atoms with E-state index in [1.54, 1.807) is 13.0 Å². The summed E-state index contributed by atoms with van der Waals surface area (Å²) in [5.41, 5.74) is 1.36. The first-order valence-electron chi connectivity index (χ1n) is 6.98. The van der Waals surface area contributed by atoms with Gasteiger partial charge in [-0.2, -0.15) is 0 Å². The van der Waals surface area contributed by atoms with Crippen LogP contribution in [-0.2, 0) is 9.53 Å². The number of rotatable bonds is 5. The van der Waals surface area contributed by atoms with Gasteiger partial charge >= 0.3 is 6.09 Å². The largest absolute Gasteiger partial charge is 0.446 e. The molecule has 0 spiro atoms. The fourth-order valence-corrected chi connectivity index (χ4v) is 2.25. The van der Waals surface area contributed by atoms with E-state index in [1.165, 1.54) is 4.90 Å². The van der Waals surface area contributed by atoms with Crippen molar-refractivity contribution in [2.75, 3.05) is 13.2 Å². The van der Waals surface area contributed by atoms with Gasteiger partial charge in [-0.25, -0.2) is 9.69 Å². The molecule has 112 valence electrons. The number of allylic oxidation sites excluding steroid dienone is 1. The standard InChI is InChI=1S/C16H19NO4/c1-12(7-5-6-10-18)15(19)17-14(11-21-16(17)20)13-8-3-2-4-9-13/h2-4,7-9,14,18H,5-6,10-11H2,1H3/b12-7+/t14-/m1/s1. The second-order valence-corrected chi connectivity index (χ2v) is 4.93. The fourth-order valence-electron chi connectivity index (χ4n) is 2.25. The zero-order valence-corrected chi connectivity index (χ0v) is 12.0. The molecule has 1 aliphatic heterocycles. The molecule has 1 heterocycles. The minimum absolute atomic E-state index is 0.0797. The number of hydrogen-bond acceptors (Lipinski definition) is 4. The van der Waals surface area contributed by atoms with Crippen LogP contribution in [0.15, 0.2) is 42.0 Å². The molecule has 1 aromatic carbocycles. The molecule has 1 atom stereocenters. The first-order valence-corrected chi connectivity index (χ1v) is 6.98. The molecule has 2 amide bonds. The van der Waals surface area contributed by atoms with Crippen molar-refractivity contribution in [3.63, 3.8) is 0 Å². The van der Waals surface area contributed by atoms with E-state index in [-0.39, 0.29) is 25.2 Å². The van der Waals surface area contributed by atoms with Crippen LogP contribution in [0, 0.1) is 0 Å². The molecule has 0 aliphatic carbocycles. The Balaban J connectivity index is 2.17. The molecule has 5 nitrogen and oxygen atoms in total. The lowest BCUT2D eigenvalue weighted by Gasteiger charge is -2.20. The SMILES string of the molecule is C/C(=C\CCCO)C(=O)N1C(=O)OC[C@@H]1c1ccccc1. The maximum atomic E-state index is 12.4. The van der Waals surface area contributed by atoms with Gasteiger partial charge in [-0.15, -0.1) is 0 Å². The van der Waals surface area contributed by atoms with Crippen molar-refractivity contribution < 1.29 is 19.4 Å². The molecule has 1 fully saturated rings. The number of unbranched alkanes of at least 4 members (excludes halogenated alkanes) is 1. The zero-order chi connectivity index (χ0) is 15.2. The summed E-state index contributed by atoms with van der Waals surface area (Å²) in [6, 6.07) is 8.98. The quantitative estimate of drug-likeness (QED) is 0.668. The van der Waals surface area contributed by atoms with Crippen LogP contribution >= 0.6 is 0 Å². The van der Waals surface area contributed by atoms with E-state index in [9.17, 15) is 9.59 Å². The molecule has 21 heavy (non-hydrogen) atoms. The molecule has 0 saturated carbocycles. The highest BCUT2D eigenvalue weighted by atomic mass is 16.6. The molecule has 0 unspecified atom stereocenters. The van der Waals surface area contributed by atoms with Crippen LogP contribution in [0.4, 0.5) is 4.79 Å². The highest BCUT2D eigenvalue weighted by molar-refractivity contribution is 6.03. The van der Waals surface area contributed by atoms with Crippen molar-refractivity contribution in [3.8, 4) is 0 Å². The van der Waals surface area contributed by atoms with E-state index in [0.29, 0.717) is 18.4 Å². The fraction of sp³-hybridized carbons (Fsp3) is 0.375. The Kier molecular flexibility index (Phi) is 5.11. The van der Waals surface area contributed by atoms with E-state index in [0.717, 1.165) is 5.56 Å². The Hall–Kier alpha value is -2.14. The van der Waals surface area contributed by atoms with Crippen molar-refractivity contribution in [2.45, 2.75) is 25.8 Å². The maximum absolute atomic E-state index is 12.4. The van der Waals surface area contributed by atoms with Crippen LogP contribution in [0.1, 0.15) is 31.4 Å². The lowest BCUT2D eigenvalue weighted by atomic mass is 10.1. The molecular weight excluding hydrogens is 270 g/mol. The minimum atomic E-state index is -0.608. The van der Waals surface area contributed by atoms with E-state index in [4.69, 9.17) is 9.84 Å². The average Bonchev–Trinajstić information content (AvgIpc) is 2.89. The van der Waals surface area contributed by atoms with Crippen LogP contribution in [0.3, 0.4) is 0 Å². The maximum Gasteiger partial charge on any atom is 0.417 e. The number of amides is 2. The van der Waals surface area contributed by atoms with E-state index >= 15 is 0 Å². The summed E-state index contributed by atoms with van der Waals surface area (Å²) in [7, 11) is 0. The van der Waals surface area contributed by atoms with Crippen molar-refractivity contribution in [3.05, 3.63) is 47.5 Å². The van der Waals surface area contributed by atoms with Crippen molar-refractivity contribution in [1.29, 1.82) is 0 Å².